The summed E-state index contributed by atoms with van der Waals surface area (Å²) in [5.41, 5.74) is 0.253. The molecule has 136 valence electrons. The molecule has 6 nitrogen and oxygen atoms in total. The van der Waals surface area contributed by atoms with Crippen molar-refractivity contribution in [1.29, 1.82) is 0 Å². The SMILES string of the molecule is C=C(C)C(=O)OC(CCC)OP(=O)(OCCCC)OCCCC. The Kier molecular flexibility index (Phi) is 12.3. The standard InChI is InChI=1S/C16H31O6P/c1-6-9-12-19-23(18,20-13-10-7-2)22-15(11-8-3)21-16(17)14(4)5/h15H,4,6-13H2,1-3,5H3. The molecule has 1 atom stereocenters. The van der Waals surface area contributed by atoms with Crippen LogP contribution in [0.1, 0.15) is 66.2 Å². The third-order valence-corrected chi connectivity index (χ3v) is 4.34. The molecule has 0 aliphatic rings. The fraction of sp³-hybridized carbons (Fsp3) is 0.812. The van der Waals surface area contributed by atoms with Crippen LogP contribution in [0.15, 0.2) is 12.2 Å². The molecule has 0 fully saturated rings. The Morgan fingerprint density at radius 3 is 1.96 bits per heavy atom. The van der Waals surface area contributed by atoms with Crippen LogP contribution >= 0.6 is 7.82 Å². The number of ether oxygens (including phenoxy) is 1. The van der Waals surface area contributed by atoms with Crippen LogP contribution in [0.4, 0.5) is 0 Å². The maximum atomic E-state index is 12.7. The van der Waals surface area contributed by atoms with E-state index in [1.807, 2.05) is 20.8 Å². The molecule has 0 aromatic rings. The third kappa shape index (κ3) is 10.7. The summed E-state index contributed by atoms with van der Waals surface area (Å²) >= 11 is 0. The summed E-state index contributed by atoms with van der Waals surface area (Å²) < 4.78 is 34.0. The number of hydrogen-bond acceptors (Lipinski definition) is 6. The maximum Gasteiger partial charge on any atom is 0.477 e. The lowest BCUT2D eigenvalue weighted by Crippen LogP contribution is -2.22. The third-order valence-electron chi connectivity index (χ3n) is 2.85. The van der Waals surface area contributed by atoms with Crippen molar-refractivity contribution in [3.8, 4) is 0 Å². The first-order valence-electron chi connectivity index (χ1n) is 8.32. The van der Waals surface area contributed by atoms with E-state index in [2.05, 4.69) is 6.58 Å². The number of phosphoric acid groups is 1. The van der Waals surface area contributed by atoms with E-state index in [0.29, 0.717) is 12.8 Å². The van der Waals surface area contributed by atoms with Crippen molar-refractivity contribution < 1.29 is 27.7 Å². The van der Waals surface area contributed by atoms with Crippen LogP contribution < -0.4 is 0 Å². The molecule has 0 spiro atoms. The van der Waals surface area contributed by atoms with E-state index in [0.717, 1.165) is 25.7 Å². The number of carbonyl (C=O) groups excluding carboxylic acids is 1. The molecule has 0 aromatic carbocycles. The molecule has 0 aliphatic heterocycles. The number of hydrogen-bond donors (Lipinski definition) is 0. The van der Waals surface area contributed by atoms with Crippen LogP contribution in [0.3, 0.4) is 0 Å². The number of rotatable bonds is 14. The van der Waals surface area contributed by atoms with Gasteiger partial charge >= 0.3 is 13.8 Å². The van der Waals surface area contributed by atoms with E-state index >= 15 is 0 Å². The molecule has 0 radical (unpaired) electrons. The Labute approximate surface area is 140 Å². The minimum absolute atomic E-state index is 0.253. The maximum absolute atomic E-state index is 12.7. The van der Waals surface area contributed by atoms with Gasteiger partial charge in [0.05, 0.1) is 13.2 Å². The lowest BCUT2D eigenvalue weighted by molar-refractivity contribution is -0.162. The molecule has 0 bridgehead atoms. The molecule has 0 rings (SSSR count). The highest BCUT2D eigenvalue weighted by Crippen LogP contribution is 2.51. The largest absolute Gasteiger partial charge is 0.477 e. The molecule has 0 aromatic heterocycles. The molecule has 0 heterocycles. The number of unbranched alkanes of at least 4 members (excludes halogenated alkanes) is 2. The van der Waals surface area contributed by atoms with Gasteiger partial charge in [-0.1, -0.05) is 46.6 Å². The van der Waals surface area contributed by atoms with Crippen LogP contribution in [0, 0.1) is 0 Å². The average molecular weight is 350 g/mol. The molecular weight excluding hydrogens is 319 g/mol. The zero-order valence-electron chi connectivity index (χ0n) is 14.8. The first-order valence-corrected chi connectivity index (χ1v) is 9.78. The molecule has 23 heavy (non-hydrogen) atoms. The predicted molar refractivity (Wildman–Crippen MR) is 90.0 cm³/mol. The van der Waals surface area contributed by atoms with Crippen LogP contribution in [-0.4, -0.2) is 25.5 Å². The van der Waals surface area contributed by atoms with Crippen molar-refractivity contribution in [2.24, 2.45) is 0 Å². The van der Waals surface area contributed by atoms with Gasteiger partial charge in [0, 0.05) is 12.0 Å². The van der Waals surface area contributed by atoms with Gasteiger partial charge in [-0.3, -0.25) is 9.05 Å². The van der Waals surface area contributed by atoms with Crippen molar-refractivity contribution in [2.75, 3.05) is 13.2 Å². The van der Waals surface area contributed by atoms with Gasteiger partial charge in [0.2, 0.25) is 6.29 Å². The van der Waals surface area contributed by atoms with Gasteiger partial charge < -0.3 is 4.74 Å². The molecule has 0 aliphatic carbocycles. The van der Waals surface area contributed by atoms with Gasteiger partial charge in [-0.2, -0.15) is 0 Å². The normalized spacial score (nSPS) is 12.9. The highest BCUT2D eigenvalue weighted by molar-refractivity contribution is 7.48. The average Bonchev–Trinajstić information content (AvgIpc) is 2.47. The fourth-order valence-corrected chi connectivity index (χ4v) is 2.81. The minimum atomic E-state index is -3.76. The Morgan fingerprint density at radius 2 is 1.57 bits per heavy atom. The predicted octanol–water partition coefficient (Wildman–Crippen LogP) is 4.99. The number of carbonyl (C=O) groups is 1. The van der Waals surface area contributed by atoms with E-state index in [9.17, 15) is 9.36 Å². The summed E-state index contributed by atoms with van der Waals surface area (Å²) in [6, 6.07) is 0. The highest BCUT2D eigenvalue weighted by atomic mass is 31.2. The van der Waals surface area contributed by atoms with Crippen molar-refractivity contribution in [2.45, 2.75) is 72.5 Å². The molecule has 1 unspecified atom stereocenters. The van der Waals surface area contributed by atoms with E-state index in [1.54, 1.807) is 6.92 Å². The minimum Gasteiger partial charge on any atom is -0.432 e. The highest BCUT2D eigenvalue weighted by Gasteiger charge is 2.32. The smallest absolute Gasteiger partial charge is 0.432 e. The first-order chi connectivity index (χ1) is 10.9. The summed E-state index contributed by atoms with van der Waals surface area (Å²) in [7, 11) is -3.76. The van der Waals surface area contributed by atoms with E-state index in [1.165, 1.54) is 0 Å². The van der Waals surface area contributed by atoms with Crippen molar-refractivity contribution >= 4 is 13.8 Å². The molecular formula is C16H31O6P. The summed E-state index contributed by atoms with van der Waals surface area (Å²) in [6.07, 6.45) is 3.41. The summed E-state index contributed by atoms with van der Waals surface area (Å²) in [4.78, 5) is 11.7. The monoisotopic (exact) mass is 350 g/mol. The Balaban J connectivity index is 4.83. The van der Waals surface area contributed by atoms with Crippen LogP contribution in [-0.2, 0) is 27.7 Å². The molecule has 0 saturated carbocycles. The van der Waals surface area contributed by atoms with Gasteiger partial charge in [0.15, 0.2) is 0 Å². The second-order valence-electron chi connectivity index (χ2n) is 5.33. The topological polar surface area (TPSA) is 71.1 Å². The molecule has 0 N–H and O–H groups in total. The Hall–Kier alpha value is -0.680. The quantitative estimate of drug-likeness (QED) is 0.144. The van der Waals surface area contributed by atoms with Gasteiger partial charge in [-0.15, -0.1) is 0 Å². The fourth-order valence-electron chi connectivity index (χ4n) is 1.47. The second kappa shape index (κ2) is 12.7. The zero-order valence-corrected chi connectivity index (χ0v) is 15.7. The van der Waals surface area contributed by atoms with Crippen molar-refractivity contribution in [3.05, 3.63) is 12.2 Å². The molecule has 7 heteroatoms. The van der Waals surface area contributed by atoms with Gasteiger partial charge in [0.1, 0.15) is 0 Å². The van der Waals surface area contributed by atoms with Crippen molar-refractivity contribution in [1.82, 2.24) is 0 Å². The summed E-state index contributed by atoms with van der Waals surface area (Å²) in [5, 5.41) is 0. The molecule has 0 saturated heterocycles. The van der Waals surface area contributed by atoms with Gasteiger partial charge in [0.25, 0.3) is 0 Å². The van der Waals surface area contributed by atoms with E-state index in [-0.39, 0.29) is 18.8 Å². The zero-order chi connectivity index (χ0) is 17.7. The van der Waals surface area contributed by atoms with Crippen LogP contribution in [0.5, 0.6) is 0 Å². The number of phosphoric ester groups is 1. The lowest BCUT2D eigenvalue weighted by atomic mass is 10.3. The van der Waals surface area contributed by atoms with Crippen molar-refractivity contribution in [3.63, 3.8) is 0 Å². The van der Waals surface area contributed by atoms with Gasteiger partial charge in [-0.25, -0.2) is 13.9 Å². The van der Waals surface area contributed by atoms with Crippen LogP contribution in [0.2, 0.25) is 0 Å². The van der Waals surface area contributed by atoms with E-state index < -0.39 is 20.1 Å². The lowest BCUT2D eigenvalue weighted by Gasteiger charge is -2.23. The summed E-state index contributed by atoms with van der Waals surface area (Å²) in [6.45, 7) is 11.5. The van der Waals surface area contributed by atoms with Gasteiger partial charge in [-0.05, 0) is 19.8 Å². The summed E-state index contributed by atoms with van der Waals surface area (Å²) in [5.74, 6) is -0.586. The van der Waals surface area contributed by atoms with E-state index in [4.69, 9.17) is 18.3 Å². The Morgan fingerprint density at radius 1 is 1.04 bits per heavy atom. The second-order valence-corrected chi connectivity index (χ2v) is 6.95. The van der Waals surface area contributed by atoms with Crippen LogP contribution in [0.25, 0.3) is 0 Å². The number of esters is 1. The first kappa shape index (κ1) is 22.3. The molecule has 0 amide bonds. The Bertz CT molecular complexity index is 382.